The number of nitrogens with zero attached hydrogens (tertiary/aromatic N) is 1. The molecule has 4 aliphatic rings. The number of nitriles is 1. The lowest BCUT2D eigenvalue weighted by Crippen LogP contribution is -2.55. The van der Waals surface area contributed by atoms with Crippen molar-refractivity contribution in [2.75, 3.05) is 0 Å². The van der Waals surface area contributed by atoms with Crippen molar-refractivity contribution in [2.24, 2.45) is 34.0 Å². The lowest BCUT2D eigenvalue weighted by atomic mass is 9.45. The molecule has 0 aromatic heterocycles. The molecule has 36 heavy (non-hydrogen) atoms. The molecule has 4 aliphatic carbocycles. The first-order valence-corrected chi connectivity index (χ1v) is 13.8. The zero-order chi connectivity index (χ0) is 25.8. The third-order valence-electron chi connectivity index (χ3n) is 11.2. The molecular formula is C32H41NO3. The van der Waals surface area contributed by atoms with Gasteiger partial charge in [0.05, 0.1) is 18.2 Å². The summed E-state index contributed by atoms with van der Waals surface area (Å²) in [6.07, 6.45) is 12.8. The zero-order valence-electron chi connectivity index (χ0n) is 22.2. The Balaban J connectivity index is 1.34. The standard InChI is InChI=1S/C32H41NO3/c1-5-14-31(22(2)34)16-13-28-26-11-10-25-19-32(35,36-21-24-8-6-23(20-33)7-9-24)18-17-29(25,3)27(26)12-15-30(28,31)4/h5-10,26-28,35H,1,11-19,21H2,2-4H3/t26-,27+,28+,29+,30+,31-,32?/m1/s1. The molecule has 1 unspecified atom stereocenters. The highest BCUT2D eigenvalue weighted by molar-refractivity contribution is 5.84. The number of ether oxygens (including phenoxy) is 1. The van der Waals surface area contributed by atoms with E-state index in [9.17, 15) is 9.90 Å². The molecule has 0 saturated heterocycles. The Labute approximate surface area is 216 Å². The first-order valence-electron chi connectivity index (χ1n) is 13.8. The van der Waals surface area contributed by atoms with Crippen LogP contribution in [0.4, 0.5) is 0 Å². The minimum Gasteiger partial charge on any atom is -0.365 e. The summed E-state index contributed by atoms with van der Waals surface area (Å²) in [5, 5.41) is 20.4. The Bertz CT molecular complexity index is 1120. The van der Waals surface area contributed by atoms with E-state index in [1.807, 2.05) is 25.1 Å². The Kier molecular flexibility index (Phi) is 6.33. The maximum Gasteiger partial charge on any atom is 0.169 e. The predicted molar refractivity (Wildman–Crippen MR) is 141 cm³/mol. The van der Waals surface area contributed by atoms with Crippen molar-refractivity contribution in [1.82, 2.24) is 0 Å². The van der Waals surface area contributed by atoms with Crippen LogP contribution in [0.25, 0.3) is 0 Å². The second kappa shape index (κ2) is 8.96. The van der Waals surface area contributed by atoms with Gasteiger partial charge in [-0.3, -0.25) is 4.79 Å². The zero-order valence-corrected chi connectivity index (χ0v) is 22.2. The van der Waals surface area contributed by atoms with Gasteiger partial charge < -0.3 is 9.84 Å². The van der Waals surface area contributed by atoms with E-state index in [1.54, 1.807) is 12.1 Å². The van der Waals surface area contributed by atoms with Crippen LogP contribution in [-0.2, 0) is 16.1 Å². The first kappa shape index (κ1) is 25.4. The molecule has 4 nitrogen and oxygen atoms in total. The topological polar surface area (TPSA) is 70.3 Å². The van der Waals surface area contributed by atoms with Crippen molar-refractivity contribution in [3.05, 3.63) is 59.7 Å². The number of ketones is 1. The molecule has 0 bridgehead atoms. The summed E-state index contributed by atoms with van der Waals surface area (Å²) in [6.45, 7) is 11.0. The molecule has 0 amide bonds. The van der Waals surface area contributed by atoms with E-state index in [0.717, 1.165) is 50.5 Å². The summed E-state index contributed by atoms with van der Waals surface area (Å²) < 4.78 is 6.11. The van der Waals surface area contributed by atoms with Crippen LogP contribution in [0.2, 0.25) is 0 Å². The quantitative estimate of drug-likeness (QED) is 0.351. The van der Waals surface area contributed by atoms with Crippen molar-refractivity contribution in [3.63, 3.8) is 0 Å². The molecule has 5 rings (SSSR count). The van der Waals surface area contributed by atoms with E-state index in [-0.39, 0.29) is 16.2 Å². The highest BCUT2D eigenvalue weighted by Crippen LogP contribution is 2.70. The van der Waals surface area contributed by atoms with Crippen LogP contribution in [0, 0.1) is 45.3 Å². The fraction of sp³-hybridized carbons (Fsp3) is 0.625. The molecule has 192 valence electrons. The number of benzene rings is 1. The van der Waals surface area contributed by atoms with Gasteiger partial charge in [-0.2, -0.15) is 5.26 Å². The highest BCUT2D eigenvalue weighted by atomic mass is 16.6. The predicted octanol–water partition coefficient (Wildman–Crippen LogP) is 6.88. The van der Waals surface area contributed by atoms with Crippen LogP contribution in [0.5, 0.6) is 0 Å². The normalized spacial score (nSPS) is 41.3. The van der Waals surface area contributed by atoms with Gasteiger partial charge in [0.2, 0.25) is 0 Å². The number of rotatable bonds is 6. The van der Waals surface area contributed by atoms with Gasteiger partial charge in [0.25, 0.3) is 0 Å². The van der Waals surface area contributed by atoms with Crippen molar-refractivity contribution >= 4 is 5.78 Å². The van der Waals surface area contributed by atoms with Crippen molar-refractivity contribution in [2.45, 2.75) is 91.0 Å². The number of Topliss-reactive ketones (excluding diaryl/α,β-unsaturated/α-hetero) is 1. The number of hydrogen-bond donors (Lipinski definition) is 1. The SMILES string of the molecule is C=CC[C@]1(C(C)=O)CC[C@H]2[C@@H]3CC=C4CC(O)(OCc5ccc(C#N)cc5)CC[C@]4(C)[C@H]3CC[C@@]21C. The monoisotopic (exact) mass is 487 g/mol. The number of carbonyl (C=O) groups excluding carboxylic acids is 1. The number of allylic oxidation sites excluding steroid dienone is 2. The van der Waals surface area contributed by atoms with E-state index in [1.165, 1.54) is 5.57 Å². The maximum atomic E-state index is 13.0. The van der Waals surface area contributed by atoms with Gasteiger partial charge in [-0.05, 0) is 98.1 Å². The number of fused-ring (bicyclic) bond motifs is 5. The average Bonchev–Trinajstić information content (AvgIpc) is 3.17. The van der Waals surface area contributed by atoms with Crippen LogP contribution in [0.3, 0.4) is 0 Å². The van der Waals surface area contributed by atoms with Crippen molar-refractivity contribution in [1.29, 1.82) is 5.26 Å². The van der Waals surface area contributed by atoms with E-state index < -0.39 is 5.79 Å². The smallest absolute Gasteiger partial charge is 0.169 e. The first-order chi connectivity index (χ1) is 17.1. The Morgan fingerprint density at radius 1 is 1.17 bits per heavy atom. The summed E-state index contributed by atoms with van der Waals surface area (Å²) in [7, 11) is 0. The average molecular weight is 488 g/mol. The third-order valence-corrected chi connectivity index (χ3v) is 11.2. The number of hydrogen-bond acceptors (Lipinski definition) is 4. The van der Waals surface area contributed by atoms with E-state index in [4.69, 9.17) is 10.00 Å². The van der Waals surface area contributed by atoms with Crippen LogP contribution in [0.15, 0.2) is 48.6 Å². The molecule has 0 aliphatic heterocycles. The largest absolute Gasteiger partial charge is 0.365 e. The van der Waals surface area contributed by atoms with E-state index in [2.05, 4.69) is 32.6 Å². The van der Waals surface area contributed by atoms with Gasteiger partial charge in [-0.1, -0.05) is 43.7 Å². The fourth-order valence-corrected chi connectivity index (χ4v) is 9.07. The summed E-state index contributed by atoms with van der Waals surface area (Å²) >= 11 is 0. The minimum absolute atomic E-state index is 0.0511. The van der Waals surface area contributed by atoms with E-state index >= 15 is 0 Å². The Morgan fingerprint density at radius 2 is 1.89 bits per heavy atom. The highest BCUT2D eigenvalue weighted by Gasteiger charge is 2.65. The van der Waals surface area contributed by atoms with Crippen LogP contribution >= 0.6 is 0 Å². The van der Waals surface area contributed by atoms with Crippen LogP contribution in [-0.4, -0.2) is 16.7 Å². The molecule has 1 N–H and O–H groups in total. The molecule has 0 heterocycles. The summed E-state index contributed by atoms with van der Waals surface area (Å²) in [5.74, 6) is 0.991. The Morgan fingerprint density at radius 3 is 2.56 bits per heavy atom. The molecule has 1 aromatic rings. The molecule has 3 fully saturated rings. The number of carbonyl (C=O) groups is 1. The second-order valence-corrected chi connectivity index (χ2v) is 12.6. The van der Waals surface area contributed by atoms with Crippen LogP contribution in [0.1, 0.15) is 89.7 Å². The summed E-state index contributed by atoms with van der Waals surface area (Å²) in [5.41, 5.74) is 2.85. The maximum absolute atomic E-state index is 13.0. The summed E-state index contributed by atoms with van der Waals surface area (Å²) in [6, 6.07) is 9.51. The number of aliphatic hydroxyl groups is 1. The molecule has 4 heteroatoms. The fourth-order valence-electron chi connectivity index (χ4n) is 9.07. The molecule has 1 aromatic carbocycles. The Hall–Kier alpha value is -2.22. The molecule has 7 atom stereocenters. The molecule has 0 spiro atoms. The van der Waals surface area contributed by atoms with Gasteiger partial charge >= 0.3 is 0 Å². The minimum atomic E-state index is -1.14. The van der Waals surface area contributed by atoms with Gasteiger partial charge in [-0.25, -0.2) is 0 Å². The van der Waals surface area contributed by atoms with Crippen LogP contribution < -0.4 is 0 Å². The van der Waals surface area contributed by atoms with Gasteiger partial charge in [0, 0.05) is 18.3 Å². The second-order valence-electron chi connectivity index (χ2n) is 12.6. The summed E-state index contributed by atoms with van der Waals surface area (Å²) in [4.78, 5) is 13.0. The molecule has 3 saturated carbocycles. The lowest BCUT2D eigenvalue weighted by Gasteiger charge is -2.60. The van der Waals surface area contributed by atoms with Crippen molar-refractivity contribution < 1.29 is 14.6 Å². The molecular weight excluding hydrogens is 446 g/mol. The van der Waals surface area contributed by atoms with Gasteiger partial charge in [0.1, 0.15) is 5.78 Å². The molecule has 0 radical (unpaired) electrons. The lowest BCUT2D eigenvalue weighted by molar-refractivity contribution is -0.231. The van der Waals surface area contributed by atoms with E-state index in [0.29, 0.717) is 48.5 Å². The van der Waals surface area contributed by atoms with Gasteiger partial charge in [0.15, 0.2) is 5.79 Å². The van der Waals surface area contributed by atoms with Crippen molar-refractivity contribution in [3.8, 4) is 6.07 Å². The third kappa shape index (κ3) is 3.74. The van der Waals surface area contributed by atoms with Gasteiger partial charge in [-0.15, -0.1) is 6.58 Å².